The van der Waals surface area contributed by atoms with Crippen LogP contribution in [0.5, 0.6) is 0 Å². The topological polar surface area (TPSA) is 92.8 Å². The van der Waals surface area contributed by atoms with Crippen LogP contribution in [-0.2, 0) is 9.84 Å². The molecule has 1 saturated heterocycles. The number of aryl methyl sites for hydroxylation is 2. The van der Waals surface area contributed by atoms with Crippen molar-refractivity contribution in [3.8, 4) is 6.07 Å². The van der Waals surface area contributed by atoms with Crippen molar-refractivity contribution < 1.29 is 13.2 Å². The Bertz CT molecular complexity index is 1090. The second-order valence-electron chi connectivity index (χ2n) is 6.61. The number of hydrogen-bond donors (Lipinski definition) is 0. The predicted molar refractivity (Wildman–Crippen MR) is 103 cm³/mol. The molecule has 2 heterocycles. The van der Waals surface area contributed by atoms with E-state index in [1.807, 2.05) is 12.1 Å². The fourth-order valence-corrected chi connectivity index (χ4v) is 5.23. The number of Topliss-reactive ketones (excluding diaryl/α,β-unsaturated/α-hetero) is 1. The first-order chi connectivity index (χ1) is 12.7. The molecular weight excluding hydrogens is 386 g/mol. The largest absolute Gasteiger partial charge is 0.288 e. The Morgan fingerprint density at radius 1 is 1.37 bits per heavy atom. The maximum atomic E-state index is 12.7. The van der Waals surface area contributed by atoms with Gasteiger partial charge in [-0.1, -0.05) is 35.9 Å². The number of benzene rings is 1. The van der Waals surface area contributed by atoms with Crippen LogP contribution >= 0.6 is 11.6 Å². The first-order valence-corrected chi connectivity index (χ1v) is 10.6. The van der Waals surface area contributed by atoms with Gasteiger partial charge in [0.25, 0.3) is 0 Å². The van der Waals surface area contributed by atoms with Crippen LogP contribution in [0, 0.1) is 25.2 Å². The van der Waals surface area contributed by atoms with Crippen LogP contribution in [-0.4, -0.2) is 35.5 Å². The molecule has 2 aromatic rings. The van der Waals surface area contributed by atoms with E-state index < -0.39 is 9.84 Å². The number of hydrogen-bond acceptors (Lipinski definition) is 5. The second kappa shape index (κ2) is 7.29. The number of ketones is 1. The van der Waals surface area contributed by atoms with Crippen LogP contribution in [0.2, 0.25) is 5.15 Å². The van der Waals surface area contributed by atoms with Gasteiger partial charge in [-0.3, -0.25) is 4.79 Å². The highest BCUT2D eigenvalue weighted by Crippen LogP contribution is 2.31. The number of nitriles is 1. The fourth-order valence-electron chi connectivity index (χ4n) is 3.17. The van der Waals surface area contributed by atoms with Crippen molar-refractivity contribution in [1.82, 2.24) is 9.78 Å². The molecule has 1 fully saturated rings. The number of sulfone groups is 1. The lowest BCUT2D eigenvalue weighted by Gasteiger charge is -2.09. The van der Waals surface area contributed by atoms with E-state index in [9.17, 15) is 18.5 Å². The van der Waals surface area contributed by atoms with Crippen LogP contribution in [0.3, 0.4) is 0 Å². The summed E-state index contributed by atoms with van der Waals surface area (Å²) in [6, 6.07) is 8.65. The Kier molecular flexibility index (Phi) is 5.22. The highest BCUT2D eigenvalue weighted by Gasteiger charge is 2.32. The SMILES string of the molecule is Cc1ccccc1C(=O)/C(C#N)=C/c1c(C)nn([C@H]2CCS(=O)(=O)C2)c1Cl. The van der Waals surface area contributed by atoms with Crippen molar-refractivity contribution in [2.24, 2.45) is 0 Å². The second-order valence-corrected chi connectivity index (χ2v) is 9.19. The summed E-state index contributed by atoms with van der Waals surface area (Å²) in [5.41, 5.74) is 2.17. The summed E-state index contributed by atoms with van der Waals surface area (Å²) >= 11 is 6.43. The van der Waals surface area contributed by atoms with Crippen LogP contribution in [0.15, 0.2) is 29.8 Å². The number of carbonyl (C=O) groups is 1. The highest BCUT2D eigenvalue weighted by atomic mass is 35.5. The van der Waals surface area contributed by atoms with Gasteiger partial charge in [-0.15, -0.1) is 0 Å². The third-order valence-corrected chi connectivity index (χ3v) is 6.80. The summed E-state index contributed by atoms with van der Waals surface area (Å²) in [5.74, 6) is -0.292. The predicted octanol–water partition coefficient (Wildman–Crippen LogP) is 3.30. The smallest absolute Gasteiger partial charge is 0.203 e. The van der Waals surface area contributed by atoms with E-state index in [2.05, 4.69) is 5.10 Å². The van der Waals surface area contributed by atoms with Crippen molar-refractivity contribution in [3.05, 3.63) is 57.4 Å². The molecule has 6 nitrogen and oxygen atoms in total. The van der Waals surface area contributed by atoms with Crippen LogP contribution in [0.25, 0.3) is 6.08 Å². The molecule has 0 spiro atoms. The number of halogens is 1. The van der Waals surface area contributed by atoms with Gasteiger partial charge in [0.05, 0.1) is 23.2 Å². The fraction of sp³-hybridized carbons (Fsp3) is 0.316. The minimum atomic E-state index is -3.09. The molecule has 0 unspecified atom stereocenters. The van der Waals surface area contributed by atoms with Gasteiger partial charge in [0.2, 0.25) is 5.78 Å². The average molecular weight is 404 g/mol. The van der Waals surface area contributed by atoms with E-state index in [0.717, 1.165) is 5.56 Å². The molecule has 0 bridgehead atoms. The first-order valence-electron chi connectivity index (χ1n) is 8.40. The van der Waals surface area contributed by atoms with E-state index in [-0.39, 0.29) is 34.1 Å². The molecular formula is C19H18ClN3O3S. The molecule has 0 aliphatic carbocycles. The van der Waals surface area contributed by atoms with Crippen molar-refractivity contribution in [3.63, 3.8) is 0 Å². The zero-order valence-electron chi connectivity index (χ0n) is 14.9. The molecule has 3 rings (SSSR count). The summed E-state index contributed by atoms with van der Waals surface area (Å²) in [7, 11) is -3.09. The van der Waals surface area contributed by atoms with E-state index in [1.54, 1.807) is 32.0 Å². The van der Waals surface area contributed by atoms with Crippen molar-refractivity contribution in [2.75, 3.05) is 11.5 Å². The molecule has 8 heteroatoms. The van der Waals surface area contributed by atoms with Crippen LogP contribution in [0.4, 0.5) is 0 Å². The lowest BCUT2D eigenvalue weighted by Crippen LogP contribution is -2.12. The molecule has 1 aromatic heterocycles. The van der Waals surface area contributed by atoms with Gasteiger partial charge >= 0.3 is 0 Å². The van der Waals surface area contributed by atoms with Crippen LogP contribution < -0.4 is 0 Å². The number of aromatic nitrogens is 2. The average Bonchev–Trinajstić information content (AvgIpc) is 3.12. The van der Waals surface area contributed by atoms with Gasteiger partial charge in [-0.2, -0.15) is 10.4 Å². The Hall–Kier alpha value is -2.43. The summed E-state index contributed by atoms with van der Waals surface area (Å²) in [6.45, 7) is 3.52. The highest BCUT2D eigenvalue weighted by molar-refractivity contribution is 7.91. The third kappa shape index (κ3) is 3.82. The molecule has 0 radical (unpaired) electrons. The van der Waals surface area contributed by atoms with Gasteiger partial charge in [-0.05, 0) is 31.9 Å². The molecule has 1 aromatic carbocycles. The van der Waals surface area contributed by atoms with Crippen molar-refractivity contribution in [2.45, 2.75) is 26.3 Å². The molecule has 140 valence electrons. The van der Waals surface area contributed by atoms with Crippen molar-refractivity contribution in [1.29, 1.82) is 5.26 Å². The van der Waals surface area contributed by atoms with Gasteiger partial charge in [-0.25, -0.2) is 13.1 Å². The summed E-state index contributed by atoms with van der Waals surface area (Å²) < 4.78 is 25.0. The van der Waals surface area contributed by atoms with Gasteiger partial charge in [0.15, 0.2) is 9.84 Å². The van der Waals surface area contributed by atoms with Gasteiger partial charge < -0.3 is 0 Å². The Morgan fingerprint density at radius 2 is 2.07 bits per heavy atom. The maximum Gasteiger partial charge on any atom is 0.203 e. The van der Waals surface area contributed by atoms with Crippen LogP contribution in [0.1, 0.15) is 39.6 Å². The molecule has 27 heavy (non-hydrogen) atoms. The normalized spacial score (nSPS) is 19.0. The third-order valence-electron chi connectivity index (χ3n) is 4.67. The number of allylic oxidation sites excluding steroid dienone is 1. The Morgan fingerprint density at radius 3 is 2.67 bits per heavy atom. The minimum absolute atomic E-state index is 0.00968. The van der Waals surface area contributed by atoms with E-state index in [4.69, 9.17) is 11.6 Å². The quantitative estimate of drug-likeness (QED) is 0.443. The van der Waals surface area contributed by atoms with E-state index in [1.165, 1.54) is 10.8 Å². The van der Waals surface area contributed by atoms with Gasteiger partial charge in [0.1, 0.15) is 16.8 Å². The van der Waals surface area contributed by atoms with Crippen molar-refractivity contribution >= 4 is 33.3 Å². The number of rotatable bonds is 4. The number of nitrogens with zero attached hydrogens (tertiary/aromatic N) is 3. The molecule has 0 N–H and O–H groups in total. The molecule has 1 aliphatic rings. The Balaban J connectivity index is 2.00. The summed E-state index contributed by atoms with van der Waals surface area (Å²) in [5, 5.41) is 14.1. The maximum absolute atomic E-state index is 12.7. The summed E-state index contributed by atoms with van der Waals surface area (Å²) in [4.78, 5) is 12.7. The monoisotopic (exact) mass is 403 g/mol. The van der Waals surface area contributed by atoms with E-state index >= 15 is 0 Å². The summed E-state index contributed by atoms with van der Waals surface area (Å²) in [6.07, 6.45) is 1.87. The lowest BCUT2D eigenvalue weighted by atomic mass is 9.98. The van der Waals surface area contributed by atoms with Gasteiger partial charge in [0, 0.05) is 11.1 Å². The zero-order chi connectivity index (χ0) is 19.8. The lowest BCUT2D eigenvalue weighted by molar-refractivity contribution is 0.103. The van der Waals surface area contributed by atoms with E-state index in [0.29, 0.717) is 23.2 Å². The number of carbonyl (C=O) groups excluding carboxylic acids is 1. The minimum Gasteiger partial charge on any atom is -0.288 e. The molecule has 1 atom stereocenters. The molecule has 0 saturated carbocycles. The standard InChI is InChI=1S/C19H18ClN3O3S/c1-12-5-3-4-6-16(12)18(24)14(10-21)9-17-13(2)22-23(19(17)20)15-7-8-27(25,26)11-15/h3-6,9,15H,7-8,11H2,1-2H3/b14-9+/t15-/m0/s1. The zero-order valence-corrected chi connectivity index (χ0v) is 16.5. The molecule has 0 amide bonds. The Labute approximate surface area is 163 Å². The first kappa shape index (κ1) is 19.3. The molecule has 1 aliphatic heterocycles.